The Balaban J connectivity index is 0. The molecule has 3 radical (unpaired) electrons. The topological polar surface area (TPSA) is 30.0 Å². The fraction of sp³-hybridized carbons (Fsp3) is 0.250. The molecule has 1 aromatic heterocycles. The molecule has 0 aliphatic rings. The highest BCUT2D eigenvalue weighted by atomic mass is 16.1. The van der Waals surface area contributed by atoms with Crippen molar-refractivity contribution in [2.24, 2.45) is 0 Å². The van der Waals surface area contributed by atoms with Crippen molar-refractivity contribution < 1.29 is 4.79 Å². The minimum absolute atomic E-state index is 0. The molecule has 0 aliphatic heterocycles. The van der Waals surface area contributed by atoms with E-state index in [0.717, 1.165) is 6.29 Å². The molecule has 0 saturated heterocycles. The van der Waals surface area contributed by atoms with Crippen LogP contribution in [0.5, 0.6) is 0 Å². The summed E-state index contributed by atoms with van der Waals surface area (Å²) in [6.07, 6.45) is 5.01. The molecule has 1 heterocycles. The van der Waals surface area contributed by atoms with E-state index in [0.29, 0.717) is 6.42 Å². The summed E-state index contributed by atoms with van der Waals surface area (Å²) in [6, 6.07) is 5.72. The van der Waals surface area contributed by atoms with Crippen molar-refractivity contribution in [2.75, 3.05) is 0 Å². The summed E-state index contributed by atoms with van der Waals surface area (Å²) in [6.45, 7) is 1.81. The van der Waals surface area contributed by atoms with Gasteiger partial charge in [-0.1, -0.05) is 13.0 Å². The monoisotopic (exact) mass is 148 g/mol. The van der Waals surface area contributed by atoms with E-state index in [-0.39, 0.29) is 8.41 Å². The maximum Gasteiger partial charge on any atom is 0.119 e. The second-order valence-corrected chi connectivity index (χ2v) is 1.60. The van der Waals surface area contributed by atoms with Gasteiger partial charge in [-0.15, -0.1) is 0 Å². The highest BCUT2D eigenvalue weighted by Crippen LogP contribution is 1.73. The molecule has 0 spiro atoms. The van der Waals surface area contributed by atoms with E-state index < -0.39 is 0 Å². The van der Waals surface area contributed by atoms with E-state index in [1.807, 2.05) is 25.1 Å². The third-order valence-electron chi connectivity index (χ3n) is 0.733. The maximum absolute atomic E-state index is 9.17. The number of rotatable bonds is 1. The van der Waals surface area contributed by atoms with Gasteiger partial charge in [0.1, 0.15) is 6.29 Å². The number of nitrogens with zero attached hydrogens (tertiary/aromatic N) is 1. The number of hydrogen-bond donors (Lipinski definition) is 0. The van der Waals surface area contributed by atoms with Crippen LogP contribution in [-0.2, 0) is 4.79 Å². The van der Waals surface area contributed by atoms with Gasteiger partial charge in [0.15, 0.2) is 0 Å². The van der Waals surface area contributed by atoms with Crippen LogP contribution >= 0.6 is 0 Å². The second-order valence-electron chi connectivity index (χ2n) is 1.60. The van der Waals surface area contributed by atoms with Crippen molar-refractivity contribution in [2.45, 2.75) is 13.3 Å². The highest BCUT2D eigenvalue weighted by Gasteiger charge is 1.58. The smallest absolute Gasteiger partial charge is 0.119 e. The number of carbonyl (C=O) groups is 1. The zero-order valence-electron chi connectivity index (χ0n) is 6.60. The molecule has 0 atom stereocenters. The molecular formula is C8H11BNO. The molecule has 57 valence electrons. The standard InChI is InChI=1S/C5H5N.C3H6O.B/c1-2-4-6-5-3-1;1-2-3-4;/h1-5H;3H,2H2,1H3;. The van der Waals surface area contributed by atoms with Crippen LogP contribution in [0.3, 0.4) is 0 Å². The quantitative estimate of drug-likeness (QED) is 0.443. The normalized spacial score (nSPS) is 6.64. The van der Waals surface area contributed by atoms with Gasteiger partial charge in [0.25, 0.3) is 0 Å². The van der Waals surface area contributed by atoms with Gasteiger partial charge >= 0.3 is 0 Å². The Bertz CT molecular complexity index is 129. The molecule has 1 aromatic rings. The van der Waals surface area contributed by atoms with Crippen molar-refractivity contribution in [3.05, 3.63) is 30.6 Å². The lowest BCUT2D eigenvalue weighted by atomic mass is 10.5. The number of aldehydes is 1. The van der Waals surface area contributed by atoms with Gasteiger partial charge in [-0.3, -0.25) is 4.98 Å². The van der Waals surface area contributed by atoms with E-state index >= 15 is 0 Å². The van der Waals surface area contributed by atoms with E-state index in [1.54, 1.807) is 12.4 Å². The first-order valence-electron chi connectivity index (χ1n) is 3.20. The number of pyridine rings is 1. The van der Waals surface area contributed by atoms with Crippen LogP contribution in [0.4, 0.5) is 0 Å². The molecule has 0 aromatic carbocycles. The molecule has 0 fully saturated rings. The summed E-state index contributed by atoms with van der Waals surface area (Å²) in [4.78, 5) is 13.0. The summed E-state index contributed by atoms with van der Waals surface area (Å²) in [5.74, 6) is 0. The Labute approximate surface area is 69.2 Å². The molecule has 0 unspecified atom stereocenters. The summed E-state index contributed by atoms with van der Waals surface area (Å²) >= 11 is 0. The second kappa shape index (κ2) is 11.7. The SMILES string of the molecule is CCC=O.[B].c1ccncc1. The summed E-state index contributed by atoms with van der Waals surface area (Å²) in [5.41, 5.74) is 0. The molecular weight excluding hydrogens is 137 g/mol. The first-order chi connectivity index (χ1) is 4.91. The first kappa shape index (κ1) is 12.6. The van der Waals surface area contributed by atoms with Crippen molar-refractivity contribution in [3.63, 3.8) is 0 Å². The Morgan fingerprint density at radius 2 is 1.73 bits per heavy atom. The van der Waals surface area contributed by atoms with Gasteiger partial charge in [0.05, 0.1) is 0 Å². The summed E-state index contributed by atoms with van der Waals surface area (Å²) in [5, 5.41) is 0. The van der Waals surface area contributed by atoms with Gasteiger partial charge in [-0.2, -0.15) is 0 Å². The number of aromatic nitrogens is 1. The maximum atomic E-state index is 9.17. The zero-order chi connectivity index (χ0) is 7.66. The van der Waals surface area contributed by atoms with Crippen molar-refractivity contribution in [1.29, 1.82) is 0 Å². The molecule has 0 amide bonds. The fourth-order valence-corrected chi connectivity index (χ4v) is 0.313. The van der Waals surface area contributed by atoms with Crippen LogP contribution in [-0.4, -0.2) is 19.7 Å². The Morgan fingerprint density at radius 3 is 1.82 bits per heavy atom. The molecule has 11 heavy (non-hydrogen) atoms. The van der Waals surface area contributed by atoms with Crippen LogP contribution < -0.4 is 0 Å². The minimum Gasteiger partial charge on any atom is -0.303 e. The Kier molecular flexibility index (Phi) is 13.3. The third kappa shape index (κ3) is 12.2. The van der Waals surface area contributed by atoms with Gasteiger partial charge in [-0.05, 0) is 12.1 Å². The number of carbonyl (C=O) groups excluding carboxylic acids is 1. The lowest BCUT2D eigenvalue weighted by Crippen LogP contribution is -1.58. The van der Waals surface area contributed by atoms with Crippen molar-refractivity contribution in [3.8, 4) is 0 Å². The lowest BCUT2D eigenvalue weighted by molar-refractivity contribution is -0.107. The molecule has 0 aliphatic carbocycles. The van der Waals surface area contributed by atoms with Gasteiger partial charge < -0.3 is 4.79 Å². The van der Waals surface area contributed by atoms with E-state index in [1.165, 1.54) is 0 Å². The van der Waals surface area contributed by atoms with E-state index in [2.05, 4.69) is 4.98 Å². The first-order valence-corrected chi connectivity index (χ1v) is 3.20. The average molecular weight is 148 g/mol. The Hall–Kier alpha value is -1.12. The average Bonchev–Trinajstić information content (AvgIpc) is 2.08. The van der Waals surface area contributed by atoms with Crippen LogP contribution in [0.2, 0.25) is 0 Å². The molecule has 0 N–H and O–H groups in total. The highest BCUT2D eigenvalue weighted by molar-refractivity contribution is 5.75. The predicted octanol–water partition coefficient (Wildman–Crippen LogP) is 1.30. The van der Waals surface area contributed by atoms with Crippen LogP contribution in [0.25, 0.3) is 0 Å². The summed E-state index contributed by atoms with van der Waals surface area (Å²) < 4.78 is 0. The van der Waals surface area contributed by atoms with Crippen LogP contribution in [0.1, 0.15) is 13.3 Å². The zero-order valence-corrected chi connectivity index (χ0v) is 6.60. The fourth-order valence-electron chi connectivity index (χ4n) is 0.313. The van der Waals surface area contributed by atoms with Crippen LogP contribution in [0, 0.1) is 0 Å². The minimum atomic E-state index is 0. The third-order valence-corrected chi connectivity index (χ3v) is 0.733. The molecule has 1 rings (SSSR count). The van der Waals surface area contributed by atoms with Gasteiger partial charge in [0.2, 0.25) is 0 Å². The lowest BCUT2D eigenvalue weighted by Gasteiger charge is -1.70. The van der Waals surface area contributed by atoms with Crippen molar-refractivity contribution >= 4 is 14.7 Å². The summed E-state index contributed by atoms with van der Waals surface area (Å²) in [7, 11) is 0. The van der Waals surface area contributed by atoms with Gasteiger partial charge in [0, 0.05) is 27.2 Å². The van der Waals surface area contributed by atoms with Crippen LogP contribution in [0.15, 0.2) is 30.6 Å². The van der Waals surface area contributed by atoms with E-state index in [4.69, 9.17) is 0 Å². The van der Waals surface area contributed by atoms with E-state index in [9.17, 15) is 4.79 Å². The molecule has 3 heteroatoms. The Morgan fingerprint density at radius 1 is 1.27 bits per heavy atom. The molecule has 0 saturated carbocycles. The van der Waals surface area contributed by atoms with Crippen molar-refractivity contribution in [1.82, 2.24) is 4.98 Å². The largest absolute Gasteiger partial charge is 0.303 e. The molecule has 2 nitrogen and oxygen atoms in total. The van der Waals surface area contributed by atoms with Gasteiger partial charge in [-0.25, -0.2) is 0 Å². The molecule has 0 bridgehead atoms. The predicted molar refractivity (Wildman–Crippen MR) is 46.3 cm³/mol. The number of hydrogen-bond acceptors (Lipinski definition) is 2.